The van der Waals surface area contributed by atoms with Crippen LogP contribution in [-0.4, -0.2) is 25.0 Å². The standard InChI is InChI=1S/C21H16N4O/c26-21(18-10-2-5-14-23-18,19-11-3-6-15-24-19)20-12-7-9-17(25-20)16-8-1-4-13-22-16/h1-15,26H. The highest BCUT2D eigenvalue weighted by Gasteiger charge is 2.38. The first kappa shape index (κ1) is 16.1. The van der Waals surface area contributed by atoms with Gasteiger partial charge in [-0.2, -0.15) is 0 Å². The van der Waals surface area contributed by atoms with Crippen LogP contribution in [0, 0.1) is 0 Å². The SMILES string of the molecule is OC(c1ccccn1)(c1ccccn1)c1cccc(-c2ccccn2)n1. The highest BCUT2D eigenvalue weighted by Crippen LogP contribution is 2.33. The zero-order valence-corrected chi connectivity index (χ0v) is 13.9. The lowest BCUT2D eigenvalue weighted by Crippen LogP contribution is -2.32. The van der Waals surface area contributed by atoms with Crippen LogP contribution in [0.4, 0.5) is 0 Å². The van der Waals surface area contributed by atoms with Crippen molar-refractivity contribution in [1.29, 1.82) is 0 Å². The summed E-state index contributed by atoms with van der Waals surface area (Å²) >= 11 is 0. The van der Waals surface area contributed by atoms with Crippen LogP contribution in [0.15, 0.2) is 91.4 Å². The Bertz CT molecular complexity index is 952. The van der Waals surface area contributed by atoms with E-state index in [1.807, 2.05) is 42.5 Å². The molecule has 0 aliphatic rings. The number of hydrogen-bond acceptors (Lipinski definition) is 5. The molecule has 0 radical (unpaired) electrons. The first-order valence-electron chi connectivity index (χ1n) is 8.23. The molecule has 0 saturated carbocycles. The molecule has 4 aromatic heterocycles. The van der Waals surface area contributed by atoms with E-state index in [1.165, 1.54) is 0 Å². The van der Waals surface area contributed by atoms with Gasteiger partial charge < -0.3 is 5.11 Å². The normalized spacial score (nSPS) is 11.3. The van der Waals surface area contributed by atoms with Gasteiger partial charge in [0.25, 0.3) is 0 Å². The molecule has 5 nitrogen and oxygen atoms in total. The fraction of sp³-hybridized carbons (Fsp3) is 0.0476. The topological polar surface area (TPSA) is 71.8 Å². The van der Waals surface area contributed by atoms with Crippen molar-refractivity contribution in [2.75, 3.05) is 0 Å². The maximum Gasteiger partial charge on any atom is 0.191 e. The summed E-state index contributed by atoms with van der Waals surface area (Å²) in [5, 5.41) is 11.7. The van der Waals surface area contributed by atoms with Gasteiger partial charge in [0.2, 0.25) is 0 Å². The van der Waals surface area contributed by atoms with Gasteiger partial charge in [-0.15, -0.1) is 0 Å². The zero-order valence-electron chi connectivity index (χ0n) is 13.9. The monoisotopic (exact) mass is 340 g/mol. The van der Waals surface area contributed by atoms with Gasteiger partial charge in [-0.05, 0) is 48.5 Å². The van der Waals surface area contributed by atoms with E-state index in [0.29, 0.717) is 22.8 Å². The Hall–Kier alpha value is -3.44. The number of hydrogen-bond donors (Lipinski definition) is 1. The lowest BCUT2D eigenvalue weighted by Gasteiger charge is -2.26. The van der Waals surface area contributed by atoms with Gasteiger partial charge >= 0.3 is 0 Å². The molecule has 1 N–H and O–H groups in total. The van der Waals surface area contributed by atoms with Gasteiger partial charge in [0, 0.05) is 18.6 Å². The van der Waals surface area contributed by atoms with Gasteiger partial charge in [-0.3, -0.25) is 15.0 Å². The molecule has 0 bridgehead atoms. The first-order chi connectivity index (χ1) is 12.8. The Morgan fingerprint density at radius 3 is 1.62 bits per heavy atom. The summed E-state index contributed by atoms with van der Waals surface area (Å²) < 4.78 is 0. The van der Waals surface area contributed by atoms with Gasteiger partial charge in [0.1, 0.15) is 0 Å². The molecule has 126 valence electrons. The van der Waals surface area contributed by atoms with E-state index in [-0.39, 0.29) is 0 Å². The van der Waals surface area contributed by atoms with E-state index in [9.17, 15) is 5.11 Å². The molecule has 5 heteroatoms. The second-order valence-corrected chi connectivity index (χ2v) is 5.76. The van der Waals surface area contributed by atoms with Crippen molar-refractivity contribution in [3.63, 3.8) is 0 Å². The van der Waals surface area contributed by atoms with Crippen molar-refractivity contribution in [1.82, 2.24) is 19.9 Å². The number of aliphatic hydroxyl groups is 1. The Morgan fingerprint density at radius 2 is 1.08 bits per heavy atom. The van der Waals surface area contributed by atoms with Crippen LogP contribution in [0.3, 0.4) is 0 Å². The molecule has 0 saturated heterocycles. The second kappa shape index (κ2) is 6.82. The average molecular weight is 340 g/mol. The molecule has 0 unspecified atom stereocenters. The average Bonchev–Trinajstić information content (AvgIpc) is 2.75. The van der Waals surface area contributed by atoms with Crippen LogP contribution in [0.2, 0.25) is 0 Å². The number of rotatable bonds is 4. The van der Waals surface area contributed by atoms with Crippen molar-refractivity contribution < 1.29 is 5.11 Å². The molecule has 0 atom stereocenters. The Kier molecular flexibility index (Phi) is 4.21. The first-order valence-corrected chi connectivity index (χ1v) is 8.23. The van der Waals surface area contributed by atoms with Gasteiger partial charge in [-0.1, -0.05) is 24.3 Å². The third-order valence-electron chi connectivity index (χ3n) is 4.12. The molecule has 0 spiro atoms. The maximum atomic E-state index is 11.7. The summed E-state index contributed by atoms with van der Waals surface area (Å²) in [6.07, 6.45) is 5.01. The molecule has 0 aliphatic carbocycles. The van der Waals surface area contributed by atoms with Crippen LogP contribution in [0.25, 0.3) is 11.4 Å². The van der Waals surface area contributed by atoms with Crippen molar-refractivity contribution in [2.24, 2.45) is 0 Å². The molecule has 4 aromatic rings. The summed E-state index contributed by atoms with van der Waals surface area (Å²) in [6.45, 7) is 0. The number of aromatic nitrogens is 4. The molecule has 0 aliphatic heterocycles. The van der Waals surface area contributed by atoms with Crippen LogP contribution in [-0.2, 0) is 5.60 Å². The van der Waals surface area contributed by atoms with E-state index in [1.54, 1.807) is 48.9 Å². The van der Waals surface area contributed by atoms with Crippen LogP contribution in [0.5, 0.6) is 0 Å². The molecule has 4 heterocycles. The summed E-state index contributed by atoms with van der Waals surface area (Å²) in [5.74, 6) is 0. The Balaban J connectivity index is 1.91. The van der Waals surface area contributed by atoms with Crippen LogP contribution < -0.4 is 0 Å². The lowest BCUT2D eigenvalue weighted by molar-refractivity contribution is 0.111. The quantitative estimate of drug-likeness (QED) is 0.617. The van der Waals surface area contributed by atoms with Gasteiger partial charge in [0.15, 0.2) is 5.60 Å². The van der Waals surface area contributed by atoms with E-state index in [4.69, 9.17) is 0 Å². The molecule has 0 fully saturated rings. The molecule has 26 heavy (non-hydrogen) atoms. The van der Waals surface area contributed by atoms with Crippen molar-refractivity contribution >= 4 is 0 Å². The fourth-order valence-corrected chi connectivity index (χ4v) is 2.84. The number of pyridine rings is 4. The summed E-state index contributed by atoms with van der Waals surface area (Å²) in [4.78, 5) is 17.7. The van der Waals surface area contributed by atoms with Crippen molar-refractivity contribution in [3.8, 4) is 11.4 Å². The fourth-order valence-electron chi connectivity index (χ4n) is 2.84. The maximum absolute atomic E-state index is 11.7. The van der Waals surface area contributed by atoms with Gasteiger partial charge in [0.05, 0.1) is 28.5 Å². The van der Waals surface area contributed by atoms with E-state index < -0.39 is 5.60 Å². The minimum Gasteiger partial charge on any atom is -0.372 e. The van der Waals surface area contributed by atoms with Crippen LogP contribution in [0.1, 0.15) is 17.1 Å². The lowest BCUT2D eigenvalue weighted by atomic mass is 9.89. The minimum absolute atomic E-state index is 0.443. The Labute approximate surface area is 151 Å². The highest BCUT2D eigenvalue weighted by atomic mass is 16.3. The smallest absolute Gasteiger partial charge is 0.191 e. The van der Waals surface area contributed by atoms with Gasteiger partial charge in [-0.25, -0.2) is 4.98 Å². The highest BCUT2D eigenvalue weighted by molar-refractivity contribution is 5.54. The van der Waals surface area contributed by atoms with E-state index >= 15 is 0 Å². The molecule has 0 amide bonds. The predicted octanol–water partition coefficient (Wildman–Crippen LogP) is 3.22. The third-order valence-corrected chi connectivity index (χ3v) is 4.12. The summed E-state index contributed by atoms with van der Waals surface area (Å²) in [7, 11) is 0. The largest absolute Gasteiger partial charge is 0.372 e. The van der Waals surface area contributed by atoms with E-state index in [0.717, 1.165) is 5.69 Å². The van der Waals surface area contributed by atoms with Crippen LogP contribution >= 0.6 is 0 Å². The second-order valence-electron chi connectivity index (χ2n) is 5.76. The third kappa shape index (κ3) is 2.85. The zero-order chi connectivity index (χ0) is 17.8. The molecular weight excluding hydrogens is 324 g/mol. The Morgan fingerprint density at radius 1 is 0.538 bits per heavy atom. The minimum atomic E-state index is -1.56. The number of nitrogens with zero attached hydrogens (tertiary/aromatic N) is 4. The predicted molar refractivity (Wildman–Crippen MR) is 98.0 cm³/mol. The van der Waals surface area contributed by atoms with Crippen molar-refractivity contribution in [3.05, 3.63) is 108 Å². The summed E-state index contributed by atoms with van der Waals surface area (Å²) in [5.41, 5.74) is 1.21. The van der Waals surface area contributed by atoms with E-state index in [2.05, 4.69) is 19.9 Å². The molecular formula is C21H16N4O. The summed E-state index contributed by atoms with van der Waals surface area (Å²) in [6, 6.07) is 21.9. The molecule has 0 aromatic carbocycles. The molecule has 4 rings (SSSR count). The van der Waals surface area contributed by atoms with Crippen molar-refractivity contribution in [2.45, 2.75) is 5.60 Å².